The van der Waals surface area contributed by atoms with E-state index < -0.39 is 36.0 Å². The van der Waals surface area contributed by atoms with E-state index in [1.165, 1.54) is 6.92 Å². The highest BCUT2D eigenvalue weighted by atomic mass is 16.7. The van der Waals surface area contributed by atoms with Gasteiger partial charge in [0.1, 0.15) is 12.7 Å². The summed E-state index contributed by atoms with van der Waals surface area (Å²) in [4.78, 5) is 24.4. The predicted molar refractivity (Wildman–Crippen MR) is 93.9 cm³/mol. The van der Waals surface area contributed by atoms with E-state index in [-0.39, 0.29) is 12.2 Å². The molecule has 0 radical (unpaired) electrons. The first kappa shape index (κ1) is 19.0. The summed E-state index contributed by atoms with van der Waals surface area (Å²) in [6, 6.07) is 16.6. The van der Waals surface area contributed by atoms with Crippen LogP contribution in [0.2, 0.25) is 0 Å². The van der Waals surface area contributed by atoms with Crippen molar-refractivity contribution in [1.29, 1.82) is 0 Å². The molecule has 0 spiro atoms. The third-order valence-corrected chi connectivity index (χ3v) is 4.35. The molecule has 1 aliphatic rings. The highest BCUT2D eigenvalue weighted by molar-refractivity contribution is 5.90. The molecule has 0 saturated carbocycles. The summed E-state index contributed by atoms with van der Waals surface area (Å²) in [6.45, 7) is 0.993. The zero-order chi connectivity index (χ0) is 19.4. The van der Waals surface area contributed by atoms with E-state index in [4.69, 9.17) is 14.2 Å². The summed E-state index contributed by atoms with van der Waals surface area (Å²) in [5.41, 5.74) is -1.22. The van der Waals surface area contributed by atoms with Gasteiger partial charge in [-0.15, -0.1) is 0 Å². The number of ether oxygens (including phenoxy) is 3. The molecule has 2 aromatic rings. The second-order valence-corrected chi connectivity index (χ2v) is 6.41. The van der Waals surface area contributed by atoms with Crippen molar-refractivity contribution in [3.63, 3.8) is 0 Å². The summed E-state index contributed by atoms with van der Waals surface area (Å²) in [7, 11) is 0. The molecule has 1 saturated heterocycles. The molecular formula is C20H20O7. The Morgan fingerprint density at radius 2 is 1.52 bits per heavy atom. The number of carbonyl (C=O) groups excluding carboxylic acids is 2. The van der Waals surface area contributed by atoms with E-state index in [0.717, 1.165) is 0 Å². The second kappa shape index (κ2) is 7.87. The molecule has 7 heteroatoms. The largest absolute Gasteiger partial charge is 0.459 e. The van der Waals surface area contributed by atoms with Crippen molar-refractivity contribution in [3.8, 4) is 0 Å². The lowest BCUT2D eigenvalue weighted by Gasteiger charge is -2.27. The Hall–Kier alpha value is -2.74. The Balaban J connectivity index is 1.69. The molecule has 0 aromatic heterocycles. The standard InChI is InChI=1S/C20H20O7/c1-20(24)16(27-18(22)14-10-6-3-7-11-14)15(26-19(20)23)12-25-17(21)13-8-4-2-5-9-13/h2-11,15-16,19,23-24H,12H2,1H3/t15-,16-,19?,20-/m1/s1. The van der Waals surface area contributed by atoms with Gasteiger partial charge in [0.15, 0.2) is 18.0 Å². The van der Waals surface area contributed by atoms with E-state index in [9.17, 15) is 19.8 Å². The lowest BCUT2D eigenvalue weighted by molar-refractivity contribution is -0.170. The molecule has 2 N–H and O–H groups in total. The van der Waals surface area contributed by atoms with Gasteiger partial charge in [-0.2, -0.15) is 0 Å². The summed E-state index contributed by atoms with van der Waals surface area (Å²) in [5.74, 6) is -1.27. The fourth-order valence-electron chi connectivity index (χ4n) is 2.79. The molecule has 0 aliphatic carbocycles. The third kappa shape index (κ3) is 4.16. The number of benzene rings is 2. The smallest absolute Gasteiger partial charge is 0.338 e. The van der Waals surface area contributed by atoms with E-state index in [2.05, 4.69) is 0 Å². The summed E-state index contributed by atoms with van der Waals surface area (Å²) >= 11 is 0. The first-order valence-electron chi connectivity index (χ1n) is 8.43. The molecule has 1 heterocycles. The predicted octanol–water partition coefficient (Wildman–Crippen LogP) is 1.54. The molecule has 4 atom stereocenters. The molecular weight excluding hydrogens is 352 g/mol. The first-order chi connectivity index (χ1) is 12.9. The number of hydrogen-bond acceptors (Lipinski definition) is 7. The highest BCUT2D eigenvalue weighted by Gasteiger charge is 2.55. The summed E-state index contributed by atoms with van der Waals surface area (Å²) in [6.07, 6.45) is -3.83. The molecule has 7 nitrogen and oxygen atoms in total. The van der Waals surface area contributed by atoms with Gasteiger partial charge in [0.05, 0.1) is 11.1 Å². The van der Waals surface area contributed by atoms with Gasteiger partial charge in [-0.1, -0.05) is 36.4 Å². The second-order valence-electron chi connectivity index (χ2n) is 6.41. The summed E-state index contributed by atoms with van der Waals surface area (Å²) in [5, 5.41) is 20.4. The first-order valence-corrected chi connectivity index (χ1v) is 8.43. The van der Waals surface area contributed by atoms with Crippen LogP contribution >= 0.6 is 0 Å². The molecule has 3 rings (SSSR count). The number of carbonyl (C=O) groups is 2. The number of aliphatic hydroxyl groups excluding tert-OH is 1. The van der Waals surface area contributed by atoms with Crippen molar-refractivity contribution >= 4 is 11.9 Å². The monoisotopic (exact) mass is 372 g/mol. The van der Waals surface area contributed by atoms with Crippen LogP contribution in [-0.4, -0.2) is 52.9 Å². The molecule has 142 valence electrons. The number of aliphatic hydroxyl groups is 2. The Morgan fingerprint density at radius 3 is 2.07 bits per heavy atom. The molecule has 1 unspecified atom stereocenters. The van der Waals surface area contributed by atoms with Crippen LogP contribution in [0.1, 0.15) is 27.6 Å². The van der Waals surface area contributed by atoms with Gasteiger partial charge < -0.3 is 24.4 Å². The topological polar surface area (TPSA) is 102 Å². The average molecular weight is 372 g/mol. The van der Waals surface area contributed by atoms with Gasteiger partial charge in [0, 0.05) is 0 Å². The van der Waals surface area contributed by atoms with Crippen molar-refractivity contribution in [1.82, 2.24) is 0 Å². The van der Waals surface area contributed by atoms with Crippen LogP contribution in [0.4, 0.5) is 0 Å². The van der Waals surface area contributed by atoms with Gasteiger partial charge in [-0.05, 0) is 31.2 Å². The lowest BCUT2D eigenvalue weighted by atomic mass is 9.97. The normalized spacial score (nSPS) is 27.1. The third-order valence-electron chi connectivity index (χ3n) is 4.35. The zero-order valence-corrected chi connectivity index (χ0v) is 14.6. The highest BCUT2D eigenvalue weighted by Crippen LogP contribution is 2.33. The van der Waals surface area contributed by atoms with Crippen molar-refractivity contribution in [2.75, 3.05) is 6.61 Å². The minimum absolute atomic E-state index is 0.287. The van der Waals surface area contributed by atoms with Gasteiger partial charge in [0.25, 0.3) is 0 Å². The van der Waals surface area contributed by atoms with Crippen molar-refractivity contribution in [3.05, 3.63) is 71.8 Å². The quantitative estimate of drug-likeness (QED) is 0.768. The maximum absolute atomic E-state index is 12.3. The number of hydrogen-bond donors (Lipinski definition) is 2. The minimum Gasteiger partial charge on any atom is -0.459 e. The molecule has 2 aromatic carbocycles. The lowest BCUT2D eigenvalue weighted by Crippen LogP contribution is -2.48. The fourth-order valence-corrected chi connectivity index (χ4v) is 2.79. The zero-order valence-electron chi connectivity index (χ0n) is 14.6. The van der Waals surface area contributed by atoms with Crippen molar-refractivity contribution < 1.29 is 34.0 Å². The Morgan fingerprint density at radius 1 is 1.00 bits per heavy atom. The molecule has 0 bridgehead atoms. The van der Waals surface area contributed by atoms with E-state index in [0.29, 0.717) is 5.56 Å². The van der Waals surface area contributed by atoms with Crippen LogP contribution in [0.25, 0.3) is 0 Å². The van der Waals surface area contributed by atoms with Crippen LogP contribution in [0.15, 0.2) is 60.7 Å². The van der Waals surface area contributed by atoms with Gasteiger partial charge >= 0.3 is 11.9 Å². The van der Waals surface area contributed by atoms with Crippen LogP contribution in [0.3, 0.4) is 0 Å². The van der Waals surface area contributed by atoms with Crippen molar-refractivity contribution in [2.24, 2.45) is 0 Å². The average Bonchev–Trinajstić information content (AvgIpc) is 2.90. The van der Waals surface area contributed by atoms with E-state index in [1.54, 1.807) is 60.7 Å². The maximum atomic E-state index is 12.3. The van der Waals surface area contributed by atoms with Crippen LogP contribution in [0.5, 0.6) is 0 Å². The van der Waals surface area contributed by atoms with Crippen LogP contribution in [0, 0.1) is 0 Å². The molecule has 27 heavy (non-hydrogen) atoms. The van der Waals surface area contributed by atoms with Crippen LogP contribution < -0.4 is 0 Å². The molecule has 1 fully saturated rings. The van der Waals surface area contributed by atoms with E-state index >= 15 is 0 Å². The Labute approximate surface area is 156 Å². The summed E-state index contributed by atoms with van der Waals surface area (Å²) < 4.78 is 15.8. The van der Waals surface area contributed by atoms with Gasteiger partial charge in [-0.25, -0.2) is 9.59 Å². The number of rotatable bonds is 5. The van der Waals surface area contributed by atoms with E-state index in [1.807, 2.05) is 0 Å². The minimum atomic E-state index is -1.85. The number of esters is 2. The Bertz CT molecular complexity index is 788. The SMILES string of the molecule is C[C@]1(O)C(O)O[C@H](COC(=O)c2ccccc2)[C@H]1OC(=O)c1ccccc1. The molecule has 0 amide bonds. The van der Waals surface area contributed by atoms with Crippen LogP contribution in [-0.2, 0) is 14.2 Å². The maximum Gasteiger partial charge on any atom is 0.338 e. The molecule has 1 aliphatic heterocycles. The van der Waals surface area contributed by atoms with Gasteiger partial charge in [-0.3, -0.25) is 0 Å². The Kier molecular flexibility index (Phi) is 5.55. The fraction of sp³-hybridized carbons (Fsp3) is 0.300. The van der Waals surface area contributed by atoms with Gasteiger partial charge in [0.2, 0.25) is 0 Å². The van der Waals surface area contributed by atoms with Crippen molar-refractivity contribution in [2.45, 2.75) is 31.0 Å².